The van der Waals surface area contributed by atoms with Crippen LogP contribution in [-0.2, 0) is 0 Å². The van der Waals surface area contributed by atoms with Gasteiger partial charge in [0.25, 0.3) is 0 Å². The molecule has 2 saturated carbocycles. The third kappa shape index (κ3) is 5.65. The number of nitrogens with one attached hydrogen (secondary N) is 2. The zero-order valence-electron chi connectivity index (χ0n) is 14.0. The number of hydrogen-bond donors (Lipinski definition) is 2. The second-order valence-corrected chi connectivity index (χ2v) is 8.36. The maximum atomic E-state index is 4.78. The van der Waals surface area contributed by atoms with Gasteiger partial charge >= 0.3 is 0 Å². The molecule has 0 aromatic heterocycles. The monoisotopic (exact) mass is 324 g/mol. The summed E-state index contributed by atoms with van der Waals surface area (Å²) < 4.78 is 0. The van der Waals surface area contributed by atoms with Gasteiger partial charge in [0.05, 0.1) is 6.54 Å². The van der Waals surface area contributed by atoms with E-state index in [9.17, 15) is 0 Å². The fourth-order valence-electron chi connectivity index (χ4n) is 3.14. The lowest BCUT2D eigenvalue weighted by atomic mass is 10.2. The first-order chi connectivity index (χ1) is 10.8. The molecule has 0 radical (unpaired) electrons. The average Bonchev–Trinajstić information content (AvgIpc) is 3.44. The number of hydrogen-bond acceptors (Lipinski definition) is 3. The van der Waals surface area contributed by atoms with Crippen LogP contribution in [0.2, 0.25) is 0 Å². The second kappa shape index (κ2) is 8.44. The van der Waals surface area contributed by atoms with Crippen molar-refractivity contribution in [1.82, 2.24) is 15.5 Å². The van der Waals surface area contributed by atoms with E-state index in [1.54, 1.807) is 0 Å². The summed E-state index contributed by atoms with van der Waals surface area (Å²) in [6.07, 6.45) is 8.45. The summed E-state index contributed by atoms with van der Waals surface area (Å²) in [6.45, 7) is 7.58. The van der Waals surface area contributed by atoms with Crippen LogP contribution in [0.15, 0.2) is 4.99 Å². The highest BCUT2D eigenvalue weighted by Crippen LogP contribution is 2.34. The van der Waals surface area contributed by atoms with E-state index >= 15 is 0 Å². The Hall–Kier alpha value is -0.420. The molecule has 1 atom stereocenters. The largest absolute Gasteiger partial charge is 0.357 e. The Morgan fingerprint density at radius 3 is 2.68 bits per heavy atom. The van der Waals surface area contributed by atoms with E-state index < -0.39 is 0 Å². The molecule has 2 N–H and O–H groups in total. The van der Waals surface area contributed by atoms with Gasteiger partial charge in [-0.05, 0) is 57.1 Å². The standard InChI is InChI=1S/C17H32N4S/c1-2-18-17(20-12-16-4-3-11-22-16)19-9-10-21(15-7-8-15)13-14-5-6-14/h14-16H,2-13H2,1H3,(H2,18,19,20). The van der Waals surface area contributed by atoms with Gasteiger partial charge < -0.3 is 10.6 Å². The molecule has 3 fully saturated rings. The van der Waals surface area contributed by atoms with Crippen LogP contribution in [0.1, 0.15) is 45.4 Å². The van der Waals surface area contributed by atoms with Crippen LogP contribution >= 0.6 is 11.8 Å². The minimum absolute atomic E-state index is 0.744. The van der Waals surface area contributed by atoms with Crippen LogP contribution in [0.3, 0.4) is 0 Å². The van der Waals surface area contributed by atoms with Crippen molar-refractivity contribution in [3.63, 3.8) is 0 Å². The first-order valence-corrected chi connectivity index (χ1v) is 10.3. The molecule has 1 aliphatic heterocycles. The maximum absolute atomic E-state index is 4.78. The van der Waals surface area contributed by atoms with E-state index in [2.05, 4.69) is 34.2 Å². The highest BCUT2D eigenvalue weighted by molar-refractivity contribution is 8.00. The first kappa shape index (κ1) is 16.4. The lowest BCUT2D eigenvalue weighted by molar-refractivity contribution is 0.256. The maximum Gasteiger partial charge on any atom is 0.191 e. The minimum Gasteiger partial charge on any atom is -0.357 e. The lowest BCUT2D eigenvalue weighted by Gasteiger charge is -2.22. The van der Waals surface area contributed by atoms with Gasteiger partial charge in [-0.3, -0.25) is 9.89 Å². The number of aliphatic imine (C=N–C) groups is 1. The van der Waals surface area contributed by atoms with Crippen LogP contribution in [0, 0.1) is 5.92 Å². The van der Waals surface area contributed by atoms with Gasteiger partial charge in [-0.2, -0.15) is 11.8 Å². The Labute approximate surface area is 139 Å². The summed E-state index contributed by atoms with van der Waals surface area (Å²) in [6, 6.07) is 0.886. The summed E-state index contributed by atoms with van der Waals surface area (Å²) in [7, 11) is 0. The molecule has 0 bridgehead atoms. The van der Waals surface area contributed by atoms with Gasteiger partial charge in [-0.1, -0.05) is 0 Å². The predicted molar refractivity (Wildman–Crippen MR) is 96.8 cm³/mol. The quantitative estimate of drug-likeness (QED) is 0.504. The summed E-state index contributed by atoms with van der Waals surface area (Å²) in [5, 5.41) is 7.67. The molecule has 0 aromatic carbocycles. The zero-order valence-corrected chi connectivity index (χ0v) is 14.8. The van der Waals surface area contributed by atoms with Crippen LogP contribution < -0.4 is 10.6 Å². The van der Waals surface area contributed by atoms with Gasteiger partial charge in [0.1, 0.15) is 0 Å². The molecule has 4 nitrogen and oxygen atoms in total. The van der Waals surface area contributed by atoms with Gasteiger partial charge in [-0.15, -0.1) is 0 Å². The molecular formula is C17H32N4S. The normalized spacial score (nSPS) is 25.7. The molecule has 3 rings (SSSR count). The number of thioether (sulfide) groups is 1. The second-order valence-electron chi connectivity index (χ2n) is 6.95. The number of nitrogens with zero attached hydrogens (tertiary/aromatic N) is 2. The van der Waals surface area contributed by atoms with E-state index in [0.717, 1.165) is 42.8 Å². The van der Waals surface area contributed by atoms with Crippen LogP contribution in [-0.4, -0.2) is 60.6 Å². The van der Waals surface area contributed by atoms with Gasteiger partial charge in [0.2, 0.25) is 0 Å². The molecule has 22 heavy (non-hydrogen) atoms. The van der Waals surface area contributed by atoms with E-state index in [4.69, 9.17) is 4.99 Å². The van der Waals surface area contributed by atoms with Gasteiger partial charge in [0, 0.05) is 37.5 Å². The van der Waals surface area contributed by atoms with Crippen molar-refractivity contribution in [3.05, 3.63) is 0 Å². The highest BCUT2D eigenvalue weighted by Gasteiger charge is 2.33. The molecule has 126 valence electrons. The van der Waals surface area contributed by atoms with Gasteiger partial charge in [-0.25, -0.2) is 0 Å². The topological polar surface area (TPSA) is 39.7 Å². The van der Waals surface area contributed by atoms with E-state index in [-0.39, 0.29) is 0 Å². The van der Waals surface area contributed by atoms with Crippen molar-refractivity contribution in [2.75, 3.05) is 38.5 Å². The lowest BCUT2D eigenvalue weighted by Crippen LogP contribution is -2.42. The Balaban J connectivity index is 1.38. The van der Waals surface area contributed by atoms with E-state index in [1.165, 1.54) is 57.4 Å². The molecule has 0 amide bonds. The van der Waals surface area contributed by atoms with Crippen molar-refractivity contribution in [2.45, 2.75) is 56.7 Å². The van der Waals surface area contributed by atoms with E-state index in [0.29, 0.717) is 0 Å². The van der Waals surface area contributed by atoms with E-state index in [1.807, 2.05) is 0 Å². The molecule has 1 saturated heterocycles. The van der Waals surface area contributed by atoms with Crippen LogP contribution in [0.4, 0.5) is 0 Å². The minimum atomic E-state index is 0.744. The Bertz CT molecular complexity index is 360. The van der Waals surface area contributed by atoms with Crippen molar-refractivity contribution < 1.29 is 0 Å². The molecule has 1 unspecified atom stereocenters. The summed E-state index contributed by atoms with van der Waals surface area (Å²) >= 11 is 2.09. The Morgan fingerprint density at radius 1 is 1.18 bits per heavy atom. The first-order valence-electron chi connectivity index (χ1n) is 9.23. The molecule has 3 aliphatic rings. The molecular weight excluding hydrogens is 292 g/mol. The highest BCUT2D eigenvalue weighted by atomic mass is 32.2. The molecule has 2 aliphatic carbocycles. The Kier molecular flexibility index (Phi) is 6.30. The summed E-state index contributed by atoms with van der Waals surface area (Å²) in [4.78, 5) is 7.49. The number of rotatable bonds is 9. The third-order valence-corrected chi connectivity index (χ3v) is 6.15. The van der Waals surface area contributed by atoms with Crippen LogP contribution in [0.5, 0.6) is 0 Å². The predicted octanol–water partition coefficient (Wildman–Crippen LogP) is 2.31. The zero-order chi connectivity index (χ0) is 15.2. The fourth-order valence-corrected chi connectivity index (χ4v) is 4.32. The smallest absolute Gasteiger partial charge is 0.191 e. The number of guanidine groups is 1. The molecule has 0 aromatic rings. The van der Waals surface area contributed by atoms with Crippen molar-refractivity contribution >= 4 is 17.7 Å². The fraction of sp³-hybridized carbons (Fsp3) is 0.941. The molecule has 5 heteroatoms. The van der Waals surface area contributed by atoms with Crippen LogP contribution in [0.25, 0.3) is 0 Å². The van der Waals surface area contributed by atoms with Crippen molar-refractivity contribution in [2.24, 2.45) is 10.9 Å². The van der Waals surface area contributed by atoms with Gasteiger partial charge in [0.15, 0.2) is 5.96 Å². The summed E-state index contributed by atoms with van der Waals surface area (Å²) in [5.74, 6) is 3.33. The molecule has 1 heterocycles. The average molecular weight is 325 g/mol. The SMILES string of the molecule is CCNC(=NCC1CCCS1)NCCN(CC1CC1)C1CC1. The molecule has 0 spiro atoms. The summed E-state index contributed by atoms with van der Waals surface area (Å²) in [5.41, 5.74) is 0. The van der Waals surface area contributed by atoms with Crippen molar-refractivity contribution in [1.29, 1.82) is 0 Å². The Morgan fingerprint density at radius 2 is 2.05 bits per heavy atom. The third-order valence-electron chi connectivity index (χ3n) is 4.77. The van der Waals surface area contributed by atoms with Crippen molar-refractivity contribution in [3.8, 4) is 0 Å².